The van der Waals surface area contributed by atoms with Crippen LogP contribution in [0, 0.1) is 0 Å². The molecule has 0 heterocycles. The molecule has 0 saturated heterocycles. The molecule has 5 heteroatoms. The molecule has 0 radical (unpaired) electrons. The Hall–Kier alpha value is -2.69. The zero-order chi connectivity index (χ0) is 21.6. The van der Waals surface area contributed by atoms with Gasteiger partial charge in [0.2, 0.25) is 0 Å². The maximum absolute atomic E-state index is 5.95. The number of allylic oxidation sites excluding steroid dienone is 2. The van der Waals surface area contributed by atoms with Gasteiger partial charge in [-0.05, 0) is 56.5 Å². The third-order valence-electron chi connectivity index (χ3n) is 4.22. The van der Waals surface area contributed by atoms with E-state index in [0.717, 1.165) is 48.4 Å². The van der Waals surface area contributed by atoms with Crippen LogP contribution in [-0.2, 0) is 15.9 Å². The molecule has 1 aromatic carbocycles. The van der Waals surface area contributed by atoms with Crippen LogP contribution in [0.1, 0.15) is 51.7 Å². The quantitative estimate of drug-likeness (QED) is 0.206. The Kier molecular flexibility index (Phi) is 11.3. The summed E-state index contributed by atoms with van der Waals surface area (Å²) in [6.07, 6.45) is 4.90. The van der Waals surface area contributed by atoms with Gasteiger partial charge in [-0.1, -0.05) is 33.4 Å². The van der Waals surface area contributed by atoms with Gasteiger partial charge in [-0.25, -0.2) is 0 Å². The number of nitrogens with zero attached hydrogens (tertiary/aromatic N) is 1. The van der Waals surface area contributed by atoms with Crippen LogP contribution in [0.2, 0.25) is 0 Å². The minimum atomic E-state index is 0.417. The normalized spacial score (nSPS) is 11.8. The largest absolute Gasteiger partial charge is 0.497 e. The SMILES string of the molecule is C=C(C)NC(=NCCCC)/C(=C\C)OCCOc1ccc(C(=C)OC)cc1CC. The Balaban J connectivity index is 2.69. The molecule has 1 N–H and O–H groups in total. The van der Waals surface area contributed by atoms with Crippen LogP contribution in [0.4, 0.5) is 0 Å². The molecule has 0 bridgehead atoms. The standard InChI is InChI=1S/C24H36N2O3/c1-8-11-14-25-24(26-18(4)5)22(10-3)28-15-16-29-23-13-12-21(19(6)27-7)17-20(23)9-2/h10,12-13,17H,4,6,8-9,11,14-16H2,1-3,5,7H3,(H,25,26)/b22-10+. The summed E-state index contributed by atoms with van der Waals surface area (Å²) >= 11 is 0. The monoisotopic (exact) mass is 400 g/mol. The van der Waals surface area contributed by atoms with Gasteiger partial charge < -0.3 is 19.5 Å². The van der Waals surface area contributed by atoms with Crippen LogP contribution in [-0.4, -0.2) is 32.7 Å². The van der Waals surface area contributed by atoms with E-state index >= 15 is 0 Å². The fourth-order valence-electron chi connectivity index (χ4n) is 2.61. The molecule has 5 nitrogen and oxygen atoms in total. The highest BCUT2D eigenvalue weighted by Crippen LogP contribution is 2.24. The molecule has 0 saturated carbocycles. The maximum atomic E-state index is 5.95. The second kappa shape index (κ2) is 13.5. The van der Waals surface area contributed by atoms with Gasteiger partial charge in [-0.15, -0.1) is 0 Å². The zero-order valence-corrected chi connectivity index (χ0v) is 18.6. The third-order valence-corrected chi connectivity index (χ3v) is 4.22. The van der Waals surface area contributed by atoms with Gasteiger partial charge in [-0.3, -0.25) is 4.99 Å². The molecular weight excluding hydrogens is 364 g/mol. The Morgan fingerprint density at radius 2 is 1.97 bits per heavy atom. The second-order valence-corrected chi connectivity index (χ2v) is 6.64. The predicted molar refractivity (Wildman–Crippen MR) is 122 cm³/mol. The Morgan fingerprint density at radius 1 is 1.21 bits per heavy atom. The van der Waals surface area contributed by atoms with Crippen molar-refractivity contribution in [3.05, 3.63) is 60.0 Å². The summed E-state index contributed by atoms with van der Waals surface area (Å²) in [5.41, 5.74) is 2.89. The van der Waals surface area contributed by atoms with Gasteiger partial charge >= 0.3 is 0 Å². The van der Waals surface area contributed by atoms with Gasteiger partial charge in [0.25, 0.3) is 0 Å². The van der Waals surface area contributed by atoms with E-state index in [1.807, 2.05) is 32.1 Å². The number of hydrogen-bond acceptors (Lipinski definition) is 4. The molecule has 29 heavy (non-hydrogen) atoms. The summed E-state index contributed by atoms with van der Waals surface area (Å²) in [6.45, 7) is 17.5. The predicted octanol–water partition coefficient (Wildman–Crippen LogP) is 5.49. The molecule has 0 fully saturated rings. The first-order valence-corrected chi connectivity index (χ1v) is 10.2. The number of aliphatic imine (C=N–C) groups is 1. The first-order valence-electron chi connectivity index (χ1n) is 10.2. The van der Waals surface area contributed by atoms with Gasteiger partial charge in [0.15, 0.2) is 11.6 Å². The molecule has 1 aromatic rings. The number of hydrogen-bond donors (Lipinski definition) is 1. The molecule has 0 aliphatic carbocycles. The average Bonchev–Trinajstić information content (AvgIpc) is 2.72. The van der Waals surface area contributed by atoms with Crippen molar-refractivity contribution < 1.29 is 14.2 Å². The molecule has 160 valence electrons. The van der Waals surface area contributed by atoms with Crippen molar-refractivity contribution in [2.45, 2.75) is 47.0 Å². The second-order valence-electron chi connectivity index (χ2n) is 6.64. The molecule has 0 unspecified atom stereocenters. The van der Waals surface area contributed by atoms with Gasteiger partial charge in [-0.2, -0.15) is 0 Å². The fraction of sp³-hybridized carbons (Fsp3) is 0.458. The number of amidine groups is 1. The fourth-order valence-corrected chi connectivity index (χ4v) is 2.61. The average molecular weight is 401 g/mol. The lowest BCUT2D eigenvalue weighted by Crippen LogP contribution is -2.26. The van der Waals surface area contributed by atoms with Crippen molar-refractivity contribution >= 4 is 11.6 Å². The highest BCUT2D eigenvalue weighted by Gasteiger charge is 2.09. The number of aryl methyl sites for hydroxylation is 1. The molecule has 0 amide bonds. The lowest BCUT2D eigenvalue weighted by Gasteiger charge is -2.16. The number of nitrogens with one attached hydrogen (secondary N) is 1. The van der Waals surface area contributed by atoms with Crippen LogP contribution >= 0.6 is 0 Å². The molecular formula is C24H36N2O3. The maximum Gasteiger partial charge on any atom is 0.168 e. The van der Waals surface area contributed by atoms with Crippen molar-refractivity contribution in [2.24, 2.45) is 4.99 Å². The van der Waals surface area contributed by atoms with Gasteiger partial charge in [0.1, 0.15) is 24.7 Å². The topological polar surface area (TPSA) is 52.1 Å². The Morgan fingerprint density at radius 3 is 2.55 bits per heavy atom. The Bertz CT molecular complexity index is 736. The summed E-state index contributed by atoms with van der Waals surface area (Å²) < 4.78 is 17.1. The van der Waals surface area contributed by atoms with E-state index in [-0.39, 0.29) is 0 Å². The first kappa shape index (κ1) is 24.3. The van der Waals surface area contributed by atoms with E-state index in [2.05, 4.69) is 43.4 Å². The van der Waals surface area contributed by atoms with E-state index in [9.17, 15) is 0 Å². The molecule has 0 aliphatic rings. The Labute approximate surface area is 176 Å². The first-order chi connectivity index (χ1) is 14.0. The van der Waals surface area contributed by atoms with E-state index in [1.54, 1.807) is 7.11 Å². The van der Waals surface area contributed by atoms with E-state index < -0.39 is 0 Å². The summed E-state index contributed by atoms with van der Waals surface area (Å²) in [4.78, 5) is 4.61. The van der Waals surface area contributed by atoms with Gasteiger partial charge in [0.05, 0.1) is 7.11 Å². The molecule has 0 atom stereocenters. The molecule has 0 spiro atoms. The third kappa shape index (κ3) is 8.46. The molecule has 0 aliphatic heterocycles. The number of ether oxygens (including phenoxy) is 3. The summed E-state index contributed by atoms with van der Waals surface area (Å²) in [5.74, 6) is 2.91. The number of methoxy groups -OCH3 is 1. The summed E-state index contributed by atoms with van der Waals surface area (Å²) in [6, 6.07) is 5.96. The molecule has 1 rings (SSSR count). The van der Waals surface area contributed by atoms with Crippen molar-refractivity contribution in [1.29, 1.82) is 0 Å². The van der Waals surface area contributed by atoms with Crippen molar-refractivity contribution in [3.63, 3.8) is 0 Å². The minimum Gasteiger partial charge on any atom is -0.497 e. The number of benzene rings is 1. The van der Waals surface area contributed by atoms with Crippen LogP contribution < -0.4 is 10.1 Å². The van der Waals surface area contributed by atoms with Crippen LogP contribution in [0.3, 0.4) is 0 Å². The van der Waals surface area contributed by atoms with Crippen LogP contribution in [0.15, 0.2) is 53.9 Å². The lowest BCUT2D eigenvalue weighted by molar-refractivity contribution is 0.166. The lowest BCUT2D eigenvalue weighted by atomic mass is 10.1. The van der Waals surface area contributed by atoms with Crippen molar-refractivity contribution in [3.8, 4) is 5.75 Å². The number of unbranched alkanes of at least 4 members (excludes halogenated alkanes) is 1. The van der Waals surface area contributed by atoms with E-state index in [4.69, 9.17) is 14.2 Å². The minimum absolute atomic E-state index is 0.417. The van der Waals surface area contributed by atoms with E-state index in [0.29, 0.717) is 30.6 Å². The highest BCUT2D eigenvalue weighted by atomic mass is 16.5. The highest BCUT2D eigenvalue weighted by molar-refractivity contribution is 5.97. The van der Waals surface area contributed by atoms with Gasteiger partial charge in [0, 0.05) is 17.8 Å². The van der Waals surface area contributed by atoms with Crippen molar-refractivity contribution in [2.75, 3.05) is 26.9 Å². The van der Waals surface area contributed by atoms with Crippen molar-refractivity contribution in [1.82, 2.24) is 5.32 Å². The summed E-state index contributed by atoms with van der Waals surface area (Å²) in [7, 11) is 1.62. The zero-order valence-electron chi connectivity index (χ0n) is 18.6. The smallest absolute Gasteiger partial charge is 0.168 e. The molecule has 0 aromatic heterocycles. The van der Waals surface area contributed by atoms with E-state index in [1.165, 1.54) is 0 Å². The van der Waals surface area contributed by atoms with Crippen LogP contribution in [0.5, 0.6) is 5.75 Å². The van der Waals surface area contributed by atoms with Crippen LogP contribution in [0.25, 0.3) is 5.76 Å². The number of rotatable bonds is 13. The summed E-state index contributed by atoms with van der Waals surface area (Å²) in [5, 5.41) is 3.19.